The molecule has 8 nitrogen and oxygen atoms in total. The molecule has 8 heteroatoms. The number of carboxylic acids is 1. The molecule has 3 aromatic heterocycles. The number of fused-ring (bicyclic) bond motifs is 1. The van der Waals surface area contributed by atoms with Crippen LogP contribution in [0.1, 0.15) is 20.8 Å². The molecule has 0 fully saturated rings. The van der Waals surface area contributed by atoms with Gasteiger partial charge in [-0.2, -0.15) is 0 Å². The number of hydrogen-bond acceptors (Lipinski definition) is 5. The van der Waals surface area contributed by atoms with Gasteiger partial charge in [-0.05, 0) is 42.5 Å². The van der Waals surface area contributed by atoms with Crippen LogP contribution in [0.3, 0.4) is 0 Å². The van der Waals surface area contributed by atoms with E-state index in [0.29, 0.717) is 11.5 Å². The molecule has 0 aliphatic carbocycles. The number of aromatic nitrogens is 4. The summed E-state index contributed by atoms with van der Waals surface area (Å²) in [6.45, 7) is 0. The Morgan fingerprint density at radius 1 is 1.07 bits per heavy atom. The SMILES string of the molecule is O=C(Nc1ccc2nc(-c3cccnc3)[nH]c2c1)c1ccnc(C(=O)O)c1. The molecule has 0 spiro atoms. The number of benzene rings is 1. The molecule has 3 N–H and O–H groups in total. The van der Waals surface area contributed by atoms with E-state index in [2.05, 4.69) is 25.3 Å². The number of nitrogens with zero attached hydrogens (tertiary/aromatic N) is 3. The summed E-state index contributed by atoms with van der Waals surface area (Å²) in [6.07, 6.45) is 4.69. The van der Waals surface area contributed by atoms with Crippen molar-refractivity contribution in [3.8, 4) is 11.4 Å². The summed E-state index contributed by atoms with van der Waals surface area (Å²) in [7, 11) is 0. The molecule has 27 heavy (non-hydrogen) atoms. The van der Waals surface area contributed by atoms with E-state index in [1.807, 2.05) is 12.1 Å². The number of nitrogens with one attached hydrogen (secondary N) is 2. The van der Waals surface area contributed by atoms with Gasteiger partial charge in [-0.25, -0.2) is 14.8 Å². The monoisotopic (exact) mass is 359 g/mol. The van der Waals surface area contributed by atoms with Crippen molar-refractivity contribution in [1.29, 1.82) is 0 Å². The summed E-state index contributed by atoms with van der Waals surface area (Å²) in [5.41, 5.74) is 2.95. The highest BCUT2D eigenvalue weighted by atomic mass is 16.4. The van der Waals surface area contributed by atoms with Crippen LogP contribution in [0.25, 0.3) is 22.4 Å². The highest BCUT2D eigenvalue weighted by Crippen LogP contribution is 2.22. The van der Waals surface area contributed by atoms with Crippen LogP contribution in [0.2, 0.25) is 0 Å². The highest BCUT2D eigenvalue weighted by molar-refractivity contribution is 6.05. The fourth-order valence-electron chi connectivity index (χ4n) is 2.62. The van der Waals surface area contributed by atoms with Crippen LogP contribution in [0.4, 0.5) is 5.69 Å². The standard InChI is InChI=1S/C19H13N5O3/c25-18(11-5-7-21-16(8-11)19(26)27)22-13-3-4-14-15(9-13)24-17(23-14)12-2-1-6-20-10-12/h1-10H,(H,22,25)(H,23,24)(H,26,27). The quantitative estimate of drug-likeness (QED) is 0.515. The first kappa shape index (κ1) is 16.4. The van der Waals surface area contributed by atoms with Crippen LogP contribution < -0.4 is 5.32 Å². The maximum absolute atomic E-state index is 12.4. The molecule has 1 amide bonds. The van der Waals surface area contributed by atoms with Crippen LogP contribution in [0.15, 0.2) is 61.1 Å². The second kappa shape index (κ2) is 6.68. The Morgan fingerprint density at radius 2 is 1.96 bits per heavy atom. The average molecular weight is 359 g/mol. The maximum atomic E-state index is 12.4. The fraction of sp³-hybridized carbons (Fsp3) is 0. The molecular formula is C19H13N5O3. The molecule has 0 saturated carbocycles. The predicted molar refractivity (Wildman–Crippen MR) is 98.5 cm³/mol. The number of anilines is 1. The van der Waals surface area contributed by atoms with Crippen LogP contribution in [-0.2, 0) is 0 Å². The van der Waals surface area contributed by atoms with E-state index in [-0.39, 0.29) is 11.3 Å². The molecular weight excluding hydrogens is 346 g/mol. The molecule has 3 heterocycles. The second-order valence-corrected chi connectivity index (χ2v) is 5.75. The Bertz CT molecular complexity index is 1150. The Morgan fingerprint density at radius 3 is 2.74 bits per heavy atom. The largest absolute Gasteiger partial charge is 0.477 e. The number of aromatic amines is 1. The lowest BCUT2D eigenvalue weighted by atomic mass is 10.2. The number of aromatic carboxylic acids is 1. The predicted octanol–water partition coefficient (Wildman–Crippen LogP) is 2.97. The molecule has 4 rings (SSSR count). The molecule has 0 bridgehead atoms. The zero-order chi connectivity index (χ0) is 18.8. The second-order valence-electron chi connectivity index (χ2n) is 5.75. The third-order valence-corrected chi connectivity index (χ3v) is 3.92. The average Bonchev–Trinajstić information content (AvgIpc) is 3.12. The normalized spacial score (nSPS) is 10.7. The lowest BCUT2D eigenvalue weighted by Crippen LogP contribution is -2.13. The van der Waals surface area contributed by atoms with Crippen molar-refractivity contribution in [3.05, 3.63) is 72.3 Å². The van der Waals surface area contributed by atoms with E-state index in [1.54, 1.807) is 30.6 Å². The van der Waals surface area contributed by atoms with Gasteiger partial charge in [0.2, 0.25) is 0 Å². The molecule has 0 saturated heterocycles. The Balaban J connectivity index is 1.60. The van der Waals surface area contributed by atoms with Gasteiger partial charge in [-0.3, -0.25) is 9.78 Å². The molecule has 1 aromatic carbocycles. The summed E-state index contributed by atoms with van der Waals surface area (Å²) in [5, 5.41) is 11.7. The van der Waals surface area contributed by atoms with Crippen molar-refractivity contribution in [2.45, 2.75) is 0 Å². The third-order valence-electron chi connectivity index (χ3n) is 3.92. The van der Waals surface area contributed by atoms with Gasteiger partial charge in [0.1, 0.15) is 11.5 Å². The van der Waals surface area contributed by atoms with Gasteiger partial charge in [0.25, 0.3) is 5.91 Å². The minimum absolute atomic E-state index is 0.187. The lowest BCUT2D eigenvalue weighted by molar-refractivity contribution is 0.0690. The Kier molecular flexibility index (Phi) is 4.06. The van der Waals surface area contributed by atoms with Crippen molar-refractivity contribution in [2.24, 2.45) is 0 Å². The number of hydrogen-bond donors (Lipinski definition) is 3. The van der Waals surface area contributed by atoms with Crippen molar-refractivity contribution < 1.29 is 14.7 Å². The minimum Gasteiger partial charge on any atom is -0.477 e. The van der Waals surface area contributed by atoms with Gasteiger partial charge in [-0.15, -0.1) is 0 Å². The van der Waals surface area contributed by atoms with Gasteiger partial charge >= 0.3 is 5.97 Å². The van der Waals surface area contributed by atoms with Crippen LogP contribution >= 0.6 is 0 Å². The first-order valence-corrected chi connectivity index (χ1v) is 8.01. The Labute approximate surface area is 152 Å². The zero-order valence-electron chi connectivity index (χ0n) is 13.9. The molecule has 0 aliphatic rings. The molecule has 0 radical (unpaired) electrons. The van der Waals surface area contributed by atoms with E-state index in [9.17, 15) is 9.59 Å². The van der Waals surface area contributed by atoms with Gasteiger partial charge in [-0.1, -0.05) is 0 Å². The number of amides is 1. The fourth-order valence-corrected chi connectivity index (χ4v) is 2.62. The Hall–Kier alpha value is -4.07. The topological polar surface area (TPSA) is 121 Å². The summed E-state index contributed by atoms with van der Waals surface area (Å²) in [5.74, 6) is -0.931. The summed E-state index contributed by atoms with van der Waals surface area (Å²) in [6, 6.07) is 11.7. The summed E-state index contributed by atoms with van der Waals surface area (Å²) < 4.78 is 0. The van der Waals surface area contributed by atoms with E-state index in [1.165, 1.54) is 18.3 Å². The summed E-state index contributed by atoms with van der Waals surface area (Å²) >= 11 is 0. The first-order chi connectivity index (χ1) is 13.1. The number of carboxylic acid groups (broad SMARTS) is 1. The minimum atomic E-state index is -1.19. The summed E-state index contributed by atoms with van der Waals surface area (Å²) in [4.78, 5) is 38.9. The van der Waals surface area contributed by atoms with Gasteiger partial charge in [0.15, 0.2) is 0 Å². The third kappa shape index (κ3) is 3.36. The zero-order valence-corrected chi connectivity index (χ0v) is 13.9. The van der Waals surface area contributed by atoms with Gasteiger partial charge in [0.05, 0.1) is 11.0 Å². The van der Waals surface area contributed by atoms with E-state index in [0.717, 1.165) is 16.6 Å². The number of pyridine rings is 2. The van der Waals surface area contributed by atoms with Gasteiger partial charge < -0.3 is 15.4 Å². The number of imidazole rings is 1. The van der Waals surface area contributed by atoms with Crippen LogP contribution in [0.5, 0.6) is 0 Å². The molecule has 0 unspecified atom stereocenters. The first-order valence-electron chi connectivity index (χ1n) is 8.01. The lowest BCUT2D eigenvalue weighted by Gasteiger charge is -2.05. The molecule has 132 valence electrons. The van der Waals surface area contributed by atoms with Gasteiger partial charge in [0, 0.05) is 35.4 Å². The van der Waals surface area contributed by atoms with Crippen LogP contribution in [0, 0.1) is 0 Å². The maximum Gasteiger partial charge on any atom is 0.354 e. The number of rotatable bonds is 4. The van der Waals surface area contributed by atoms with E-state index in [4.69, 9.17) is 5.11 Å². The van der Waals surface area contributed by atoms with Crippen molar-refractivity contribution >= 4 is 28.6 Å². The number of carbonyl (C=O) groups is 2. The molecule has 0 aliphatic heterocycles. The number of H-pyrrole nitrogens is 1. The van der Waals surface area contributed by atoms with Crippen molar-refractivity contribution in [1.82, 2.24) is 19.9 Å². The van der Waals surface area contributed by atoms with Crippen molar-refractivity contribution in [2.75, 3.05) is 5.32 Å². The molecule has 4 aromatic rings. The molecule has 0 atom stereocenters. The highest BCUT2D eigenvalue weighted by Gasteiger charge is 2.12. The number of carbonyl (C=O) groups excluding carboxylic acids is 1. The van der Waals surface area contributed by atoms with E-state index < -0.39 is 11.9 Å². The van der Waals surface area contributed by atoms with Crippen LogP contribution in [-0.4, -0.2) is 36.9 Å². The van der Waals surface area contributed by atoms with Crippen molar-refractivity contribution in [3.63, 3.8) is 0 Å². The smallest absolute Gasteiger partial charge is 0.354 e. The van der Waals surface area contributed by atoms with E-state index >= 15 is 0 Å².